The first kappa shape index (κ1) is 31.1. The summed E-state index contributed by atoms with van der Waals surface area (Å²) in [6.07, 6.45) is 32.1. The van der Waals surface area contributed by atoms with Crippen molar-refractivity contribution in [2.24, 2.45) is 0 Å². The van der Waals surface area contributed by atoms with Gasteiger partial charge in [0.25, 0.3) is 0 Å². The molecule has 0 radical (unpaired) electrons. The van der Waals surface area contributed by atoms with Gasteiger partial charge < -0.3 is 9.47 Å². The molecule has 33 heavy (non-hydrogen) atoms. The number of rotatable bonds is 18. The van der Waals surface area contributed by atoms with E-state index in [-0.39, 0.29) is 11.5 Å². The zero-order valence-electron chi connectivity index (χ0n) is 22.4. The van der Waals surface area contributed by atoms with Crippen LogP contribution >= 0.6 is 0 Å². The molecule has 0 aromatic carbocycles. The second kappa shape index (κ2) is 19.6. The lowest BCUT2D eigenvalue weighted by atomic mass is 9.96. The largest absolute Gasteiger partial charge is 0.473 e. The third-order valence-electron chi connectivity index (χ3n) is 5.27. The normalized spacial score (nSPS) is 13.5. The minimum atomic E-state index is -0.593. The van der Waals surface area contributed by atoms with Crippen LogP contribution in [0.15, 0.2) is 60.8 Å². The number of hydrogen-bond acceptors (Lipinski definition) is 3. The molecule has 0 aliphatic carbocycles. The van der Waals surface area contributed by atoms with Crippen molar-refractivity contribution in [2.75, 3.05) is 6.61 Å². The molecule has 0 saturated carbocycles. The lowest BCUT2D eigenvalue weighted by Crippen LogP contribution is -2.44. The second-order valence-electron chi connectivity index (χ2n) is 9.30. The van der Waals surface area contributed by atoms with Gasteiger partial charge in [0, 0.05) is 6.61 Å². The van der Waals surface area contributed by atoms with Gasteiger partial charge in [-0.25, -0.2) is 0 Å². The van der Waals surface area contributed by atoms with Crippen LogP contribution in [0.5, 0.6) is 0 Å². The third-order valence-corrected chi connectivity index (χ3v) is 5.27. The maximum absolute atomic E-state index is 8.39. The quantitative estimate of drug-likeness (QED) is 0.0964. The summed E-state index contributed by atoms with van der Waals surface area (Å²) in [5.41, 5.74) is -0.959. The SMILES string of the molecule is CC/C=C\C/C=C\C/C=C\C/C=C\C/C=C\CCCCOC(CC)(CC)C(=N)OC(C)(C)C. The van der Waals surface area contributed by atoms with E-state index in [0.717, 1.165) is 64.2 Å². The highest BCUT2D eigenvalue weighted by Crippen LogP contribution is 2.26. The molecule has 0 aromatic rings. The van der Waals surface area contributed by atoms with E-state index in [1.54, 1.807) is 0 Å². The smallest absolute Gasteiger partial charge is 0.214 e. The van der Waals surface area contributed by atoms with Crippen LogP contribution in [-0.4, -0.2) is 23.7 Å². The molecule has 0 rings (SSSR count). The van der Waals surface area contributed by atoms with Crippen molar-refractivity contribution in [1.82, 2.24) is 0 Å². The fraction of sp³-hybridized carbons (Fsp3) is 0.633. The summed E-state index contributed by atoms with van der Waals surface area (Å²) in [5.74, 6) is 0.262. The van der Waals surface area contributed by atoms with Crippen LogP contribution in [0.1, 0.15) is 106 Å². The Bertz CT molecular complexity index is 628. The van der Waals surface area contributed by atoms with Crippen LogP contribution in [-0.2, 0) is 9.47 Å². The fourth-order valence-electron chi connectivity index (χ4n) is 3.24. The van der Waals surface area contributed by atoms with Gasteiger partial charge >= 0.3 is 0 Å². The predicted molar refractivity (Wildman–Crippen MR) is 146 cm³/mol. The summed E-state index contributed by atoms with van der Waals surface area (Å²) < 4.78 is 12.0. The molecular formula is C30H51NO2. The Labute approximate surface area is 205 Å². The van der Waals surface area contributed by atoms with Crippen LogP contribution in [0.4, 0.5) is 0 Å². The number of nitrogens with one attached hydrogen (secondary N) is 1. The summed E-state index contributed by atoms with van der Waals surface area (Å²) in [7, 11) is 0. The van der Waals surface area contributed by atoms with E-state index in [9.17, 15) is 0 Å². The van der Waals surface area contributed by atoms with Gasteiger partial charge in [0.1, 0.15) is 11.2 Å². The van der Waals surface area contributed by atoms with E-state index in [4.69, 9.17) is 14.9 Å². The molecule has 0 spiro atoms. The molecular weight excluding hydrogens is 406 g/mol. The molecule has 0 unspecified atom stereocenters. The molecule has 0 saturated heterocycles. The van der Waals surface area contributed by atoms with Gasteiger partial charge in [0.05, 0.1) is 0 Å². The van der Waals surface area contributed by atoms with Crippen LogP contribution in [0.3, 0.4) is 0 Å². The van der Waals surface area contributed by atoms with Crippen LogP contribution in [0.2, 0.25) is 0 Å². The lowest BCUT2D eigenvalue weighted by molar-refractivity contribution is -0.0328. The van der Waals surface area contributed by atoms with Crippen molar-refractivity contribution in [2.45, 2.75) is 117 Å². The Morgan fingerprint density at radius 1 is 0.667 bits per heavy atom. The minimum absolute atomic E-state index is 0.262. The van der Waals surface area contributed by atoms with Gasteiger partial charge in [-0.3, -0.25) is 5.41 Å². The van der Waals surface area contributed by atoms with E-state index < -0.39 is 5.60 Å². The minimum Gasteiger partial charge on any atom is -0.473 e. The Kier molecular flexibility index (Phi) is 18.5. The van der Waals surface area contributed by atoms with Crippen molar-refractivity contribution in [3.05, 3.63) is 60.8 Å². The van der Waals surface area contributed by atoms with Crippen molar-refractivity contribution in [3.8, 4) is 0 Å². The highest BCUT2D eigenvalue weighted by molar-refractivity contribution is 5.82. The zero-order chi connectivity index (χ0) is 24.8. The number of unbranched alkanes of at least 4 members (excludes halogenated alkanes) is 2. The molecule has 0 atom stereocenters. The van der Waals surface area contributed by atoms with E-state index in [0.29, 0.717) is 6.61 Å². The molecule has 0 aliphatic rings. The monoisotopic (exact) mass is 457 g/mol. The van der Waals surface area contributed by atoms with Gasteiger partial charge in [-0.05, 0) is 85.0 Å². The van der Waals surface area contributed by atoms with Gasteiger partial charge in [-0.15, -0.1) is 0 Å². The van der Waals surface area contributed by atoms with Gasteiger partial charge in [-0.1, -0.05) is 81.5 Å². The van der Waals surface area contributed by atoms with Crippen molar-refractivity contribution in [3.63, 3.8) is 0 Å². The summed E-state index contributed by atoms with van der Waals surface area (Å²) >= 11 is 0. The van der Waals surface area contributed by atoms with Crippen LogP contribution < -0.4 is 0 Å². The van der Waals surface area contributed by atoms with E-state index in [2.05, 4.69) is 81.5 Å². The number of allylic oxidation sites excluding steroid dienone is 10. The van der Waals surface area contributed by atoms with Crippen molar-refractivity contribution in [1.29, 1.82) is 5.41 Å². The van der Waals surface area contributed by atoms with Crippen LogP contribution in [0.25, 0.3) is 0 Å². The van der Waals surface area contributed by atoms with Gasteiger partial charge in [0.2, 0.25) is 5.90 Å². The average molecular weight is 458 g/mol. The summed E-state index contributed by atoms with van der Waals surface area (Å²) in [4.78, 5) is 0. The Morgan fingerprint density at radius 3 is 1.55 bits per heavy atom. The standard InChI is InChI=1S/C30H51NO2/c1-7-10-11-12-13-14-15-16-17-18-19-20-21-22-23-24-25-26-27-32-30(8-2,9-3)28(31)33-29(4,5)6/h10-11,13-14,16-17,19-20,22-23,31H,7-9,12,15,18,21,24-27H2,1-6H3/b11-10-,14-13-,17-16-,20-19-,23-22-,31-28?. The first-order valence-corrected chi connectivity index (χ1v) is 13.0. The van der Waals surface area contributed by atoms with E-state index in [1.165, 1.54) is 0 Å². The molecule has 188 valence electrons. The Balaban J connectivity index is 3.93. The maximum Gasteiger partial charge on any atom is 0.214 e. The van der Waals surface area contributed by atoms with Crippen molar-refractivity contribution >= 4 is 5.90 Å². The topological polar surface area (TPSA) is 42.3 Å². The third kappa shape index (κ3) is 17.3. The highest BCUT2D eigenvalue weighted by atomic mass is 16.6. The molecule has 1 N–H and O–H groups in total. The molecule has 0 heterocycles. The molecule has 0 aliphatic heterocycles. The fourth-order valence-corrected chi connectivity index (χ4v) is 3.24. The first-order chi connectivity index (χ1) is 15.8. The lowest BCUT2D eigenvalue weighted by Gasteiger charge is -2.35. The highest BCUT2D eigenvalue weighted by Gasteiger charge is 2.36. The van der Waals surface area contributed by atoms with Gasteiger partial charge in [-0.2, -0.15) is 0 Å². The molecule has 0 fully saturated rings. The second-order valence-corrected chi connectivity index (χ2v) is 9.30. The van der Waals surface area contributed by atoms with Crippen molar-refractivity contribution < 1.29 is 9.47 Å². The number of ether oxygens (including phenoxy) is 2. The Morgan fingerprint density at radius 2 is 1.12 bits per heavy atom. The molecule has 0 aromatic heterocycles. The summed E-state index contributed by atoms with van der Waals surface area (Å²) in [5, 5.41) is 8.39. The molecule has 3 heteroatoms. The van der Waals surface area contributed by atoms with Crippen LogP contribution in [0, 0.1) is 5.41 Å². The molecule has 0 amide bonds. The first-order valence-electron chi connectivity index (χ1n) is 13.0. The molecule has 3 nitrogen and oxygen atoms in total. The van der Waals surface area contributed by atoms with E-state index in [1.807, 2.05) is 20.8 Å². The Hall–Kier alpha value is -1.87. The summed E-state index contributed by atoms with van der Waals surface area (Å²) in [6.45, 7) is 12.9. The van der Waals surface area contributed by atoms with E-state index >= 15 is 0 Å². The van der Waals surface area contributed by atoms with Gasteiger partial charge in [0.15, 0.2) is 0 Å². The average Bonchev–Trinajstić information content (AvgIpc) is 2.77. The predicted octanol–water partition coefficient (Wildman–Crippen LogP) is 9.28. The number of hydrogen-bond donors (Lipinski definition) is 1. The maximum atomic E-state index is 8.39. The molecule has 0 bridgehead atoms. The zero-order valence-corrected chi connectivity index (χ0v) is 22.4. The summed E-state index contributed by atoms with van der Waals surface area (Å²) in [6, 6.07) is 0.